The lowest BCUT2D eigenvalue weighted by molar-refractivity contribution is -0.133. The van der Waals surface area contributed by atoms with Crippen LogP contribution in [0.2, 0.25) is 0 Å². The molecule has 2 heterocycles. The van der Waals surface area contributed by atoms with Crippen LogP contribution in [0.4, 0.5) is 0 Å². The fourth-order valence-corrected chi connectivity index (χ4v) is 4.17. The van der Waals surface area contributed by atoms with Crippen molar-refractivity contribution in [1.82, 2.24) is 9.80 Å². The zero-order valence-corrected chi connectivity index (χ0v) is 18.8. The van der Waals surface area contributed by atoms with Crippen molar-refractivity contribution in [2.45, 2.75) is 26.4 Å². The van der Waals surface area contributed by atoms with E-state index in [4.69, 9.17) is 9.15 Å². The molecule has 31 heavy (non-hydrogen) atoms. The molecule has 3 aromatic rings. The molecule has 0 N–H and O–H groups in total. The fraction of sp³-hybridized carbons (Fsp3) is 0.333. The average molecular weight is 441 g/mol. The first-order valence-electron chi connectivity index (χ1n) is 10.3. The highest BCUT2D eigenvalue weighted by Gasteiger charge is 2.24. The van der Waals surface area contributed by atoms with Crippen molar-refractivity contribution < 1.29 is 18.7 Å². The number of benzene rings is 1. The molecule has 2 amide bonds. The number of carbonyl (C=O) groups is 2. The summed E-state index contributed by atoms with van der Waals surface area (Å²) in [5.74, 6) is -0.165. The Morgan fingerprint density at radius 2 is 1.81 bits per heavy atom. The molecular formula is C24H28N2O4S. The van der Waals surface area contributed by atoms with Crippen molar-refractivity contribution in [2.75, 3.05) is 26.8 Å². The number of amides is 2. The summed E-state index contributed by atoms with van der Waals surface area (Å²) in [6, 6.07) is 17.3. The van der Waals surface area contributed by atoms with Gasteiger partial charge in [0.15, 0.2) is 5.76 Å². The van der Waals surface area contributed by atoms with E-state index >= 15 is 0 Å². The van der Waals surface area contributed by atoms with E-state index in [1.54, 1.807) is 35.5 Å². The van der Waals surface area contributed by atoms with Gasteiger partial charge in [0.25, 0.3) is 5.91 Å². The third-order valence-corrected chi connectivity index (χ3v) is 5.82. The normalized spacial score (nSPS) is 10.8. The number of aryl methyl sites for hydroxylation is 1. The van der Waals surface area contributed by atoms with Crippen LogP contribution in [-0.2, 0) is 22.6 Å². The largest absolute Gasteiger partial charge is 0.459 e. The van der Waals surface area contributed by atoms with Crippen LogP contribution >= 0.6 is 11.3 Å². The van der Waals surface area contributed by atoms with Crippen LogP contribution in [0.15, 0.2) is 65.3 Å². The quantitative estimate of drug-likeness (QED) is 0.416. The summed E-state index contributed by atoms with van der Waals surface area (Å²) >= 11 is 1.68. The van der Waals surface area contributed by atoms with E-state index in [1.807, 2.05) is 30.3 Å². The molecule has 0 aliphatic heterocycles. The molecule has 0 saturated carbocycles. The van der Waals surface area contributed by atoms with Crippen molar-refractivity contribution in [3.8, 4) is 0 Å². The van der Waals surface area contributed by atoms with E-state index in [0.29, 0.717) is 32.7 Å². The van der Waals surface area contributed by atoms with Gasteiger partial charge in [-0.05, 0) is 43.2 Å². The van der Waals surface area contributed by atoms with Gasteiger partial charge in [-0.1, -0.05) is 30.3 Å². The molecule has 7 heteroatoms. The van der Waals surface area contributed by atoms with E-state index in [1.165, 1.54) is 16.0 Å². The zero-order chi connectivity index (χ0) is 22.1. The standard InChI is InChI=1S/C24H28N2O4S/c1-19-11-12-21(31-19)17-26(16-20-8-4-3-5-9-20)23(27)18-25(13-7-14-29-2)24(28)22-10-6-15-30-22/h3-6,8-12,15H,7,13-14,16-18H2,1-2H3. The molecule has 0 spiro atoms. The van der Waals surface area contributed by atoms with Crippen LogP contribution in [0.25, 0.3) is 0 Å². The van der Waals surface area contributed by atoms with E-state index in [2.05, 4.69) is 19.1 Å². The molecule has 0 aliphatic rings. The van der Waals surface area contributed by atoms with Crippen molar-refractivity contribution in [3.63, 3.8) is 0 Å². The summed E-state index contributed by atoms with van der Waals surface area (Å²) in [5, 5.41) is 0. The molecule has 1 aromatic carbocycles. The minimum atomic E-state index is -0.291. The Morgan fingerprint density at radius 3 is 2.45 bits per heavy atom. The molecule has 2 aromatic heterocycles. The molecule has 0 radical (unpaired) electrons. The second-order valence-electron chi connectivity index (χ2n) is 7.30. The minimum absolute atomic E-state index is 0.0135. The number of furan rings is 1. The van der Waals surface area contributed by atoms with Gasteiger partial charge in [0.05, 0.1) is 12.8 Å². The smallest absolute Gasteiger partial charge is 0.290 e. The van der Waals surface area contributed by atoms with E-state index < -0.39 is 0 Å². The third-order valence-electron chi connectivity index (χ3n) is 4.83. The first-order valence-corrected chi connectivity index (χ1v) is 11.1. The summed E-state index contributed by atoms with van der Waals surface area (Å²) in [6.07, 6.45) is 2.10. The lowest BCUT2D eigenvalue weighted by atomic mass is 10.2. The topological polar surface area (TPSA) is 63.0 Å². The van der Waals surface area contributed by atoms with E-state index in [0.717, 1.165) is 10.4 Å². The Labute approximate surface area is 187 Å². The monoisotopic (exact) mass is 440 g/mol. The summed E-state index contributed by atoms with van der Waals surface area (Å²) in [7, 11) is 1.62. The van der Waals surface area contributed by atoms with Gasteiger partial charge in [0.1, 0.15) is 6.54 Å². The third kappa shape index (κ3) is 6.80. The van der Waals surface area contributed by atoms with Crippen LogP contribution in [0.3, 0.4) is 0 Å². The van der Waals surface area contributed by atoms with Gasteiger partial charge in [-0.2, -0.15) is 0 Å². The van der Waals surface area contributed by atoms with Crippen LogP contribution in [0, 0.1) is 6.92 Å². The molecule has 0 saturated heterocycles. The van der Waals surface area contributed by atoms with Gasteiger partial charge in [-0.3, -0.25) is 9.59 Å². The van der Waals surface area contributed by atoms with Gasteiger partial charge in [-0.15, -0.1) is 11.3 Å². The fourth-order valence-electron chi connectivity index (χ4n) is 3.27. The minimum Gasteiger partial charge on any atom is -0.459 e. The second-order valence-corrected chi connectivity index (χ2v) is 8.67. The average Bonchev–Trinajstić information content (AvgIpc) is 3.45. The molecule has 0 aliphatic carbocycles. The predicted molar refractivity (Wildman–Crippen MR) is 121 cm³/mol. The predicted octanol–water partition coefficient (Wildman–Crippen LogP) is 4.36. The first kappa shape index (κ1) is 22.8. The van der Waals surface area contributed by atoms with Gasteiger partial charge >= 0.3 is 0 Å². The summed E-state index contributed by atoms with van der Waals surface area (Å²) in [4.78, 5) is 31.9. The van der Waals surface area contributed by atoms with Crippen LogP contribution in [0.1, 0.15) is 32.3 Å². The second kappa shape index (κ2) is 11.5. The summed E-state index contributed by atoms with van der Waals surface area (Å²) in [6.45, 7) is 3.96. The number of methoxy groups -OCH3 is 1. The lowest BCUT2D eigenvalue weighted by Crippen LogP contribution is -2.43. The molecule has 164 valence electrons. The molecule has 0 atom stereocenters. The molecule has 0 fully saturated rings. The van der Waals surface area contributed by atoms with Crippen molar-refractivity contribution in [3.05, 3.63) is 81.9 Å². The van der Waals surface area contributed by atoms with Crippen molar-refractivity contribution in [2.24, 2.45) is 0 Å². The number of thiophene rings is 1. The van der Waals surface area contributed by atoms with E-state index in [9.17, 15) is 9.59 Å². The van der Waals surface area contributed by atoms with Gasteiger partial charge in [0, 0.05) is 36.6 Å². The number of nitrogens with zero attached hydrogens (tertiary/aromatic N) is 2. The Hall–Kier alpha value is -2.90. The van der Waals surface area contributed by atoms with Gasteiger partial charge in [-0.25, -0.2) is 0 Å². The maximum Gasteiger partial charge on any atom is 0.290 e. The first-order chi connectivity index (χ1) is 15.1. The van der Waals surface area contributed by atoms with Crippen molar-refractivity contribution in [1.29, 1.82) is 0 Å². The van der Waals surface area contributed by atoms with Gasteiger partial charge < -0.3 is 19.0 Å². The summed E-state index contributed by atoms with van der Waals surface area (Å²) < 4.78 is 10.4. The van der Waals surface area contributed by atoms with Crippen LogP contribution in [0.5, 0.6) is 0 Å². The molecule has 3 rings (SSSR count). The molecular weight excluding hydrogens is 412 g/mol. The summed E-state index contributed by atoms with van der Waals surface area (Å²) in [5.41, 5.74) is 1.05. The highest BCUT2D eigenvalue weighted by molar-refractivity contribution is 7.11. The Bertz CT molecular complexity index is 953. The zero-order valence-electron chi connectivity index (χ0n) is 18.0. The maximum absolute atomic E-state index is 13.4. The number of hydrogen-bond donors (Lipinski definition) is 0. The number of rotatable bonds is 11. The Morgan fingerprint density at radius 1 is 1.00 bits per heavy atom. The van der Waals surface area contributed by atoms with Crippen LogP contribution < -0.4 is 0 Å². The maximum atomic E-state index is 13.4. The Balaban J connectivity index is 1.76. The van der Waals surface area contributed by atoms with E-state index in [-0.39, 0.29) is 24.1 Å². The van der Waals surface area contributed by atoms with Gasteiger partial charge in [0.2, 0.25) is 5.91 Å². The van der Waals surface area contributed by atoms with Crippen molar-refractivity contribution >= 4 is 23.2 Å². The molecule has 6 nitrogen and oxygen atoms in total. The lowest BCUT2D eigenvalue weighted by Gasteiger charge is -2.27. The SMILES string of the molecule is COCCCN(CC(=O)N(Cc1ccccc1)Cc1ccc(C)s1)C(=O)c1ccco1. The highest BCUT2D eigenvalue weighted by Crippen LogP contribution is 2.19. The molecule has 0 bridgehead atoms. The number of carbonyl (C=O) groups excluding carboxylic acids is 2. The number of ether oxygens (including phenoxy) is 1. The Kier molecular flexibility index (Phi) is 8.44. The highest BCUT2D eigenvalue weighted by atomic mass is 32.1. The molecule has 0 unspecified atom stereocenters. The van der Waals surface area contributed by atoms with Crippen LogP contribution in [-0.4, -0.2) is 48.4 Å². The number of hydrogen-bond acceptors (Lipinski definition) is 5.